The molecule has 4 aromatic rings. The van der Waals surface area contributed by atoms with E-state index in [2.05, 4.69) is 5.32 Å². The van der Waals surface area contributed by atoms with Crippen LogP contribution < -0.4 is 24.4 Å². The van der Waals surface area contributed by atoms with Crippen LogP contribution in [0.5, 0.6) is 17.2 Å². The lowest BCUT2D eigenvalue weighted by Gasteiger charge is -2.39. The fourth-order valence-electron chi connectivity index (χ4n) is 5.33. The molecule has 0 unspecified atom stereocenters. The van der Waals surface area contributed by atoms with Gasteiger partial charge in [0.25, 0.3) is 11.6 Å². The first-order valence-corrected chi connectivity index (χ1v) is 14.0. The van der Waals surface area contributed by atoms with E-state index < -0.39 is 16.4 Å². The summed E-state index contributed by atoms with van der Waals surface area (Å²) in [5.41, 5.74) is 4.57. The molecule has 1 aliphatic rings. The van der Waals surface area contributed by atoms with Gasteiger partial charge in [-0.15, -0.1) is 0 Å². The van der Waals surface area contributed by atoms with Crippen LogP contribution in [0.15, 0.2) is 72.8 Å². The summed E-state index contributed by atoms with van der Waals surface area (Å²) < 4.78 is 17.6. The maximum Gasteiger partial charge on any atom is 0.343 e. The van der Waals surface area contributed by atoms with Crippen molar-refractivity contribution < 1.29 is 28.7 Å². The molecule has 0 spiro atoms. The lowest BCUT2D eigenvalue weighted by atomic mass is 9.91. The van der Waals surface area contributed by atoms with E-state index in [1.165, 1.54) is 19.2 Å². The number of hydrogen-bond donors (Lipinski definition) is 1. The van der Waals surface area contributed by atoms with Crippen molar-refractivity contribution in [1.29, 1.82) is 0 Å². The van der Waals surface area contributed by atoms with Crippen molar-refractivity contribution in [2.45, 2.75) is 39.8 Å². The standard InChI is InChI=1S/C34H33N3O7/c1-20-8-7-9-22(16-20)32(38)44-24-12-13-26(30(18-24)42-6)25-14-15-28-31(36(5)33(39)34(3,4)35-28)27(25)19-43-29-17-23(37(40)41)11-10-21(29)2/h7-18,35H,19H2,1-6H3. The van der Waals surface area contributed by atoms with E-state index in [9.17, 15) is 19.7 Å². The third kappa shape index (κ3) is 5.78. The van der Waals surface area contributed by atoms with Crippen molar-refractivity contribution in [3.63, 3.8) is 0 Å². The molecule has 226 valence electrons. The monoisotopic (exact) mass is 595 g/mol. The number of aryl methyl sites for hydroxylation is 2. The Morgan fingerprint density at radius 3 is 2.43 bits per heavy atom. The zero-order valence-corrected chi connectivity index (χ0v) is 25.4. The highest BCUT2D eigenvalue weighted by molar-refractivity contribution is 6.08. The Morgan fingerprint density at radius 2 is 1.73 bits per heavy atom. The Morgan fingerprint density at radius 1 is 0.977 bits per heavy atom. The second kappa shape index (κ2) is 11.7. The maximum atomic E-state index is 13.3. The first-order chi connectivity index (χ1) is 20.9. The number of methoxy groups -OCH3 is 1. The molecule has 4 aromatic carbocycles. The van der Waals surface area contributed by atoms with Gasteiger partial charge in [-0.05, 0) is 75.2 Å². The number of likely N-dealkylation sites (N-methyl/N-ethyl adjacent to an activating group) is 1. The number of nitro groups is 1. The second-order valence-corrected chi connectivity index (χ2v) is 11.2. The third-order valence-corrected chi connectivity index (χ3v) is 7.59. The Kier molecular flexibility index (Phi) is 8.01. The van der Waals surface area contributed by atoms with Gasteiger partial charge in [-0.25, -0.2) is 4.79 Å². The molecule has 10 heteroatoms. The molecule has 1 aliphatic heterocycles. The number of carbonyl (C=O) groups excluding carboxylic acids is 2. The summed E-state index contributed by atoms with van der Waals surface area (Å²) in [5, 5.41) is 14.7. The highest BCUT2D eigenvalue weighted by Crippen LogP contribution is 2.45. The number of nitrogens with one attached hydrogen (secondary N) is 1. The van der Waals surface area contributed by atoms with Gasteiger partial charge in [-0.1, -0.05) is 23.8 Å². The van der Waals surface area contributed by atoms with Crippen molar-refractivity contribution in [2.75, 3.05) is 24.4 Å². The number of benzene rings is 4. The number of ether oxygens (including phenoxy) is 3. The molecular formula is C34H33N3O7. The highest BCUT2D eigenvalue weighted by Gasteiger charge is 2.39. The van der Waals surface area contributed by atoms with Crippen LogP contribution in [0.3, 0.4) is 0 Å². The number of hydrogen-bond acceptors (Lipinski definition) is 8. The van der Waals surface area contributed by atoms with Crippen molar-refractivity contribution in [3.05, 3.63) is 105 Å². The summed E-state index contributed by atoms with van der Waals surface area (Å²) in [6, 6.07) is 20.5. The van der Waals surface area contributed by atoms with Crippen LogP contribution in [0.4, 0.5) is 17.1 Å². The third-order valence-electron chi connectivity index (χ3n) is 7.59. The molecule has 0 aromatic heterocycles. The van der Waals surface area contributed by atoms with Gasteiger partial charge in [-0.3, -0.25) is 14.9 Å². The van der Waals surface area contributed by atoms with Crippen LogP contribution in [-0.4, -0.2) is 36.5 Å². The predicted octanol–water partition coefficient (Wildman–Crippen LogP) is 6.85. The number of nitrogens with zero attached hydrogens (tertiary/aromatic N) is 2. The van der Waals surface area contributed by atoms with Gasteiger partial charge < -0.3 is 24.4 Å². The normalized spacial score (nSPS) is 13.5. The number of rotatable bonds is 8. The van der Waals surface area contributed by atoms with E-state index >= 15 is 0 Å². The van der Waals surface area contributed by atoms with Crippen molar-refractivity contribution in [2.24, 2.45) is 0 Å². The second-order valence-electron chi connectivity index (χ2n) is 11.2. The van der Waals surface area contributed by atoms with Gasteiger partial charge in [0.1, 0.15) is 29.4 Å². The van der Waals surface area contributed by atoms with Gasteiger partial charge in [0.2, 0.25) is 0 Å². The van der Waals surface area contributed by atoms with Gasteiger partial charge in [0, 0.05) is 30.3 Å². The minimum absolute atomic E-state index is 0.00646. The number of non-ortho nitro benzene ring substituents is 1. The molecule has 1 N–H and O–H groups in total. The van der Waals surface area contributed by atoms with Gasteiger partial charge in [0.15, 0.2) is 0 Å². The average Bonchev–Trinajstić information content (AvgIpc) is 2.99. The Hall–Kier alpha value is -5.38. The Balaban J connectivity index is 1.58. The van der Waals surface area contributed by atoms with Crippen LogP contribution >= 0.6 is 0 Å². The van der Waals surface area contributed by atoms with E-state index in [0.717, 1.165) is 16.8 Å². The zero-order chi connectivity index (χ0) is 31.8. The van der Waals surface area contributed by atoms with E-state index in [1.807, 2.05) is 39.0 Å². The van der Waals surface area contributed by atoms with Crippen molar-refractivity contribution >= 4 is 28.9 Å². The molecule has 5 rings (SSSR count). The van der Waals surface area contributed by atoms with E-state index in [-0.39, 0.29) is 18.2 Å². The highest BCUT2D eigenvalue weighted by atomic mass is 16.6. The number of carbonyl (C=O) groups is 2. The molecular weight excluding hydrogens is 562 g/mol. The summed E-state index contributed by atoms with van der Waals surface area (Å²) in [4.78, 5) is 38.7. The van der Waals surface area contributed by atoms with E-state index in [0.29, 0.717) is 45.2 Å². The van der Waals surface area contributed by atoms with Gasteiger partial charge in [0.05, 0.1) is 35.0 Å². The molecule has 1 heterocycles. The quantitative estimate of drug-likeness (QED) is 0.102. The Bertz CT molecular complexity index is 1800. The summed E-state index contributed by atoms with van der Waals surface area (Å²) in [6.45, 7) is 7.32. The topological polar surface area (TPSA) is 120 Å². The van der Waals surface area contributed by atoms with Gasteiger partial charge >= 0.3 is 5.97 Å². The summed E-state index contributed by atoms with van der Waals surface area (Å²) >= 11 is 0. The molecule has 1 amide bonds. The van der Waals surface area contributed by atoms with Crippen molar-refractivity contribution in [3.8, 4) is 28.4 Å². The average molecular weight is 596 g/mol. The number of esters is 1. The number of fused-ring (bicyclic) bond motifs is 1. The lowest BCUT2D eigenvalue weighted by molar-refractivity contribution is -0.385. The van der Waals surface area contributed by atoms with Gasteiger partial charge in [-0.2, -0.15) is 0 Å². The molecule has 0 atom stereocenters. The van der Waals surface area contributed by atoms with E-state index in [4.69, 9.17) is 14.2 Å². The molecule has 10 nitrogen and oxygen atoms in total. The molecule has 0 radical (unpaired) electrons. The first-order valence-electron chi connectivity index (χ1n) is 14.0. The van der Waals surface area contributed by atoms with Crippen LogP contribution in [0.2, 0.25) is 0 Å². The predicted molar refractivity (Wildman–Crippen MR) is 168 cm³/mol. The molecule has 44 heavy (non-hydrogen) atoms. The molecule has 0 saturated carbocycles. The first kappa shape index (κ1) is 30.1. The summed E-state index contributed by atoms with van der Waals surface area (Å²) in [6.07, 6.45) is 0. The van der Waals surface area contributed by atoms with Crippen LogP contribution in [-0.2, 0) is 11.4 Å². The SMILES string of the molecule is COc1cc(OC(=O)c2cccc(C)c2)ccc1-c1ccc2c(c1COc1cc([N+](=O)[O-])ccc1C)N(C)C(=O)C(C)(C)N2. The molecule has 0 aliphatic carbocycles. The number of nitro benzene ring substituents is 1. The fraction of sp³-hybridized carbons (Fsp3) is 0.235. The van der Waals surface area contributed by atoms with Crippen LogP contribution in [0, 0.1) is 24.0 Å². The minimum Gasteiger partial charge on any atom is -0.496 e. The minimum atomic E-state index is -0.835. The lowest BCUT2D eigenvalue weighted by Crippen LogP contribution is -2.52. The molecule has 0 fully saturated rings. The smallest absolute Gasteiger partial charge is 0.343 e. The number of amides is 1. The molecule has 0 saturated heterocycles. The summed E-state index contributed by atoms with van der Waals surface area (Å²) in [7, 11) is 3.23. The summed E-state index contributed by atoms with van der Waals surface area (Å²) in [5.74, 6) is 0.459. The maximum absolute atomic E-state index is 13.3. The Labute approximate surface area is 255 Å². The largest absolute Gasteiger partial charge is 0.496 e. The van der Waals surface area contributed by atoms with Crippen LogP contribution in [0.1, 0.15) is 40.9 Å². The van der Waals surface area contributed by atoms with Crippen molar-refractivity contribution in [1.82, 2.24) is 0 Å². The number of anilines is 2. The molecule has 0 bridgehead atoms. The zero-order valence-electron chi connectivity index (χ0n) is 25.4. The van der Waals surface area contributed by atoms with E-state index in [1.54, 1.807) is 61.3 Å². The fourth-order valence-corrected chi connectivity index (χ4v) is 5.33. The van der Waals surface area contributed by atoms with Crippen LogP contribution in [0.25, 0.3) is 11.1 Å².